The van der Waals surface area contributed by atoms with Gasteiger partial charge in [-0.15, -0.1) is 11.3 Å². The zero-order valence-corrected chi connectivity index (χ0v) is 13.8. The molecule has 0 aliphatic rings. The van der Waals surface area contributed by atoms with E-state index >= 15 is 0 Å². The van der Waals surface area contributed by atoms with E-state index < -0.39 is 4.92 Å². The highest BCUT2D eigenvalue weighted by Gasteiger charge is 2.10. The van der Waals surface area contributed by atoms with E-state index in [1.54, 1.807) is 23.5 Å². The van der Waals surface area contributed by atoms with Crippen molar-refractivity contribution in [2.75, 3.05) is 5.32 Å². The van der Waals surface area contributed by atoms with Gasteiger partial charge in [0.25, 0.3) is 5.69 Å². The lowest BCUT2D eigenvalue weighted by Crippen LogP contribution is -2.08. The van der Waals surface area contributed by atoms with Crippen LogP contribution in [0.5, 0.6) is 0 Å². The minimum atomic E-state index is -0.503. The molecule has 0 saturated carbocycles. The number of fused-ring (bicyclic) bond motifs is 1. The van der Waals surface area contributed by atoms with Crippen molar-refractivity contribution < 1.29 is 9.72 Å². The van der Waals surface area contributed by atoms with E-state index in [2.05, 4.69) is 10.3 Å². The van der Waals surface area contributed by atoms with Gasteiger partial charge in [-0.2, -0.15) is 0 Å². The fourth-order valence-corrected chi connectivity index (χ4v) is 3.20. The standard InChI is InChI=1S/C16H14N4O3S/c1-10-9-19-14(11(2)17-16(19)24-10)6-7-15(21)18-12-4-3-5-13(8-12)20(22)23/h3-9H,1-2H3,(H,18,21)/b7-6+. The normalized spacial score (nSPS) is 11.2. The third-order valence-electron chi connectivity index (χ3n) is 3.38. The van der Waals surface area contributed by atoms with Crippen LogP contribution in [0.2, 0.25) is 0 Å². The molecule has 2 aromatic heterocycles. The summed E-state index contributed by atoms with van der Waals surface area (Å²) in [6, 6.07) is 5.81. The maximum absolute atomic E-state index is 12.0. The fourth-order valence-electron chi connectivity index (χ4n) is 2.32. The molecule has 0 fully saturated rings. The zero-order chi connectivity index (χ0) is 17.3. The number of hydrogen-bond acceptors (Lipinski definition) is 5. The highest BCUT2D eigenvalue weighted by Crippen LogP contribution is 2.22. The first-order valence-corrected chi connectivity index (χ1v) is 7.94. The van der Waals surface area contributed by atoms with Crippen LogP contribution in [0.3, 0.4) is 0 Å². The number of aryl methyl sites for hydroxylation is 2. The largest absolute Gasteiger partial charge is 0.322 e. The number of rotatable bonds is 4. The summed E-state index contributed by atoms with van der Waals surface area (Å²) < 4.78 is 1.94. The van der Waals surface area contributed by atoms with Crippen molar-refractivity contribution in [1.29, 1.82) is 0 Å². The summed E-state index contributed by atoms with van der Waals surface area (Å²) in [4.78, 5) is 28.8. The lowest BCUT2D eigenvalue weighted by molar-refractivity contribution is -0.384. The molecule has 0 bridgehead atoms. The first kappa shape index (κ1) is 15.9. The van der Waals surface area contributed by atoms with Crippen LogP contribution in [0, 0.1) is 24.0 Å². The van der Waals surface area contributed by atoms with Crippen LogP contribution in [-0.4, -0.2) is 20.2 Å². The average Bonchev–Trinajstić information content (AvgIpc) is 3.00. The lowest BCUT2D eigenvalue weighted by atomic mass is 10.2. The van der Waals surface area contributed by atoms with Crippen molar-refractivity contribution >= 4 is 39.7 Å². The van der Waals surface area contributed by atoms with Gasteiger partial charge in [-0.05, 0) is 26.0 Å². The molecule has 3 aromatic rings. The van der Waals surface area contributed by atoms with Crippen molar-refractivity contribution in [1.82, 2.24) is 9.38 Å². The van der Waals surface area contributed by atoms with E-state index in [1.165, 1.54) is 24.3 Å². The molecule has 1 N–H and O–H groups in total. The lowest BCUT2D eigenvalue weighted by Gasteiger charge is -2.01. The summed E-state index contributed by atoms with van der Waals surface area (Å²) in [6.45, 7) is 3.88. The summed E-state index contributed by atoms with van der Waals surface area (Å²) in [6.07, 6.45) is 5.05. The number of nitro benzene ring substituents is 1. The van der Waals surface area contributed by atoms with E-state index in [0.29, 0.717) is 5.69 Å². The van der Waals surface area contributed by atoms with Gasteiger partial charge in [0, 0.05) is 35.0 Å². The number of benzene rings is 1. The Morgan fingerprint density at radius 3 is 2.96 bits per heavy atom. The van der Waals surface area contributed by atoms with Gasteiger partial charge in [0.15, 0.2) is 4.96 Å². The summed E-state index contributed by atoms with van der Waals surface area (Å²) in [7, 11) is 0. The van der Waals surface area contributed by atoms with Crippen LogP contribution in [0.15, 0.2) is 36.5 Å². The molecule has 122 valence electrons. The molecule has 0 radical (unpaired) electrons. The maximum Gasteiger partial charge on any atom is 0.271 e. The number of anilines is 1. The third kappa shape index (κ3) is 3.18. The molecule has 0 aliphatic carbocycles. The molecule has 7 nitrogen and oxygen atoms in total. The van der Waals surface area contributed by atoms with Gasteiger partial charge in [-0.1, -0.05) is 6.07 Å². The number of hydrogen-bond donors (Lipinski definition) is 1. The summed E-state index contributed by atoms with van der Waals surface area (Å²) in [5.41, 5.74) is 1.98. The Bertz CT molecular complexity index is 971. The molecule has 0 spiro atoms. The Labute approximate surface area is 141 Å². The molecule has 0 unspecified atom stereocenters. The van der Waals surface area contributed by atoms with Gasteiger partial charge in [0.05, 0.1) is 16.3 Å². The van der Waals surface area contributed by atoms with Gasteiger partial charge in [-0.25, -0.2) is 4.98 Å². The minimum absolute atomic E-state index is 0.0705. The number of imidazole rings is 1. The predicted octanol–water partition coefficient (Wildman–Crippen LogP) is 3.57. The van der Waals surface area contributed by atoms with Crippen molar-refractivity contribution in [2.24, 2.45) is 0 Å². The molecule has 3 rings (SSSR count). The SMILES string of the molecule is Cc1cn2c(/C=C/C(=O)Nc3cccc([N+](=O)[O-])c3)c(C)nc2s1. The molecular formula is C16H14N4O3S. The number of amides is 1. The summed E-state index contributed by atoms with van der Waals surface area (Å²) >= 11 is 1.58. The minimum Gasteiger partial charge on any atom is -0.322 e. The smallest absolute Gasteiger partial charge is 0.271 e. The number of non-ortho nitro benzene ring substituents is 1. The monoisotopic (exact) mass is 342 g/mol. The molecule has 2 heterocycles. The highest BCUT2D eigenvalue weighted by atomic mass is 32.1. The zero-order valence-electron chi connectivity index (χ0n) is 13.0. The van der Waals surface area contributed by atoms with E-state index in [4.69, 9.17) is 0 Å². The van der Waals surface area contributed by atoms with Gasteiger partial charge in [0.2, 0.25) is 5.91 Å². The van der Waals surface area contributed by atoms with Crippen LogP contribution in [-0.2, 0) is 4.79 Å². The van der Waals surface area contributed by atoms with Gasteiger partial charge in [-0.3, -0.25) is 19.3 Å². The second-order valence-corrected chi connectivity index (χ2v) is 6.42. The maximum atomic E-state index is 12.0. The van der Waals surface area contributed by atoms with Crippen LogP contribution in [0.1, 0.15) is 16.3 Å². The number of carbonyl (C=O) groups is 1. The average molecular weight is 342 g/mol. The number of carbonyl (C=O) groups excluding carboxylic acids is 1. The Balaban J connectivity index is 1.78. The summed E-state index contributed by atoms with van der Waals surface area (Å²) in [5, 5.41) is 13.4. The topological polar surface area (TPSA) is 89.5 Å². The van der Waals surface area contributed by atoms with Gasteiger partial charge in [0.1, 0.15) is 0 Å². The first-order valence-electron chi connectivity index (χ1n) is 7.12. The number of aromatic nitrogens is 2. The van der Waals surface area contributed by atoms with Crippen molar-refractivity contribution in [3.8, 4) is 0 Å². The van der Waals surface area contributed by atoms with Crippen LogP contribution >= 0.6 is 11.3 Å². The molecule has 0 aliphatic heterocycles. The predicted molar refractivity (Wildman–Crippen MR) is 93.3 cm³/mol. The van der Waals surface area contributed by atoms with E-state index in [9.17, 15) is 14.9 Å². The van der Waals surface area contributed by atoms with Gasteiger partial charge >= 0.3 is 0 Å². The van der Waals surface area contributed by atoms with Crippen LogP contribution < -0.4 is 5.32 Å². The van der Waals surface area contributed by atoms with Crippen molar-refractivity contribution in [3.05, 3.63) is 62.9 Å². The molecule has 8 heteroatoms. The molecule has 1 aromatic carbocycles. The molecule has 1 amide bonds. The third-order valence-corrected chi connectivity index (χ3v) is 4.28. The number of nitrogens with one attached hydrogen (secondary N) is 1. The number of nitrogens with zero attached hydrogens (tertiary/aromatic N) is 3. The number of thiazole rings is 1. The van der Waals surface area contributed by atoms with E-state index in [-0.39, 0.29) is 11.6 Å². The first-order chi connectivity index (χ1) is 11.4. The Hall–Kier alpha value is -3.00. The van der Waals surface area contributed by atoms with Crippen molar-refractivity contribution in [2.45, 2.75) is 13.8 Å². The van der Waals surface area contributed by atoms with E-state index in [0.717, 1.165) is 21.2 Å². The van der Waals surface area contributed by atoms with E-state index in [1.807, 2.05) is 24.4 Å². The van der Waals surface area contributed by atoms with Crippen LogP contribution in [0.25, 0.3) is 11.0 Å². The second kappa shape index (κ2) is 6.25. The van der Waals surface area contributed by atoms with Gasteiger partial charge < -0.3 is 5.32 Å². The fraction of sp³-hybridized carbons (Fsp3) is 0.125. The molecule has 0 atom stereocenters. The second-order valence-electron chi connectivity index (χ2n) is 5.21. The Morgan fingerprint density at radius 2 is 2.21 bits per heavy atom. The molecular weight excluding hydrogens is 328 g/mol. The van der Waals surface area contributed by atoms with Crippen LogP contribution in [0.4, 0.5) is 11.4 Å². The van der Waals surface area contributed by atoms with Crippen molar-refractivity contribution in [3.63, 3.8) is 0 Å². The Kier molecular flexibility index (Phi) is 4.13. The quantitative estimate of drug-likeness (QED) is 0.446. The number of nitro groups is 1. The Morgan fingerprint density at radius 1 is 1.42 bits per heavy atom. The highest BCUT2D eigenvalue weighted by molar-refractivity contribution is 7.17. The molecule has 24 heavy (non-hydrogen) atoms. The molecule has 0 saturated heterocycles. The summed E-state index contributed by atoms with van der Waals surface area (Å²) in [5.74, 6) is -0.364.